The molecule has 2 aromatic rings. The van der Waals surface area contributed by atoms with Gasteiger partial charge in [-0.1, -0.05) is 31.2 Å². The van der Waals surface area contributed by atoms with Gasteiger partial charge in [-0.05, 0) is 24.6 Å². The lowest BCUT2D eigenvalue weighted by Crippen LogP contribution is -2.00. The molecule has 0 aliphatic carbocycles. The summed E-state index contributed by atoms with van der Waals surface area (Å²) in [6.07, 6.45) is -0.195. The van der Waals surface area contributed by atoms with Crippen LogP contribution in [0.5, 0.6) is 11.5 Å². The lowest BCUT2D eigenvalue weighted by Gasteiger charge is -2.15. The molecule has 0 unspecified atom stereocenters. The van der Waals surface area contributed by atoms with Crippen LogP contribution in [-0.2, 0) is 0 Å². The molecule has 0 bridgehead atoms. The number of benzene rings is 2. The summed E-state index contributed by atoms with van der Waals surface area (Å²) in [4.78, 5) is 0. The molecule has 100 valence electrons. The van der Waals surface area contributed by atoms with E-state index in [2.05, 4.69) is 0 Å². The van der Waals surface area contributed by atoms with Crippen LogP contribution in [0, 0.1) is 11.6 Å². The van der Waals surface area contributed by atoms with E-state index in [0.717, 1.165) is 6.07 Å². The van der Waals surface area contributed by atoms with Crippen molar-refractivity contribution >= 4 is 0 Å². The van der Waals surface area contributed by atoms with E-state index < -0.39 is 17.7 Å². The van der Waals surface area contributed by atoms with Crippen molar-refractivity contribution in [3.05, 3.63) is 59.7 Å². The molecule has 0 saturated heterocycles. The van der Waals surface area contributed by atoms with Crippen LogP contribution in [0.25, 0.3) is 0 Å². The lowest BCUT2D eigenvalue weighted by molar-refractivity contribution is 0.170. The minimum atomic E-state index is -1.04. The smallest absolute Gasteiger partial charge is 0.201 e. The van der Waals surface area contributed by atoms with Crippen molar-refractivity contribution in [2.75, 3.05) is 0 Å². The maximum absolute atomic E-state index is 13.5. The molecule has 0 aliphatic rings. The first kappa shape index (κ1) is 13.5. The summed E-state index contributed by atoms with van der Waals surface area (Å²) in [5, 5.41) is 9.86. The molecule has 19 heavy (non-hydrogen) atoms. The van der Waals surface area contributed by atoms with Crippen LogP contribution in [0.4, 0.5) is 8.78 Å². The Bertz CT molecular complexity index is 570. The summed E-state index contributed by atoms with van der Waals surface area (Å²) in [5.74, 6) is -1.88. The number of rotatable bonds is 4. The van der Waals surface area contributed by atoms with Gasteiger partial charge in [0, 0.05) is 5.56 Å². The van der Waals surface area contributed by atoms with E-state index in [-0.39, 0.29) is 5.75 Å². The zero-order valence-corrected chi connectivity index (χ0v) is 10.4. The molecule has 0 amide bonds. The Morgan fingerprint density at radius 1 is 1.05 bits per heavy atom. The molecule has 0 aromatic heterocycles. The van der Waals surface area contributed by atoms with Crippen molar-refractivity contribution in [3.63, 3.8) is 0 Å². The fourth-order valence-corrected chi connectivity index (χ4v) is 1.75. The molecule has 0 radical (unpaired) electrons. The first-order chi connectivity index (χ1) is 9.13. The normalized spacial score (nSPS) is 12.2. The second-order valence-electron chi connectivity index (χ2n) is 4.12. The van der Waals surface area contributed by atoms with E-state index in [1.165, 1.54) is 12.1 Å². The lowest BCUT2D eigenvalue weighted by atomic mass is 10.1. The monoisotopic (exact) mass is 264 g/mol. The van der Waals surface area contributed by atoms with Gasteiger partial charge in [-0.25, -0.2) is 4.39 Å². The van der Waals surface area contributed by atoms with Gasteiger partial charge in [-0.15, -0.1) is 0 Å². The van der Waals surface area contributed by atoms with Crippen molar-refractivity contribution in [1.82, 2.24) is 0 Å². The molecular formula is C15H14F2O2. The second kappa shape index (κ2) is 5.80. The van der Waals surface area contributed by atoms with Gasteiger partial charge >= 0.3 is 0 Å². The average Bonchev–Trinajstić information content (AvgIpc) is 2.43. The van der Waals surface area contributed by atoms with Crippen molar-refractivity contribution in [2.24, 2.45) is 0 Å². The summed E-state index contributed by atoms with van der Waals surface area (Å²) in [5.41, 5.74) is 0.550. The van der Waals surface area contributed by atoms with Gasteiger partial charge in [0.15, 0.2) is 11.6 Å². The predicted molar refractivity (Wildman–Crippen MR) is 68.1 cm³/mol. The van der Waals surface area contributed by atoms with E-state index in [9.17, 15) is 13.9 Å². The SMILES string of the molecule is CC[C@@H](O)c1ccccc1Oc1cccc(F)c1F. The molecule has 2 aromatic carbocycles. The summed E-state index contributed by atoms with van der Waals surface area (Å²) in [6.45, 7) is 1.82. The highest BCUT2D eigenvalue weighted by Gasteiger charge is 2.15. The molecular weight excluding hydrogens is 250 g/mol. The molecule has 2 nitrogen and oxygen atoms in total. The van der Waals surface area contributed by atoms with Crippen molar-refractivity contribution in [2.45, 2.75) is 19.4 Å². The Morgan fingerprint density at radius 3 is 2.47 bits per heavy atom. The second-order valence-corrected chi connectivity index (χ2v) is 4.12. The molecule has 1 atom stereocenters. The minimum absolute atomic E-state index is 0.198. The van der Waals surface area contributed by atoms with Crippen LogP contribution in [0.1, 0.15) is 25.0 Å². The molecule has 2 rings (SSSR count). The summed E-state index contributed by atoms with van der Waals surface area (Å²) in [6, 6.07) is 10.5. The zero-order valence-electron chi connectivity index (χ0n) is 10.4. The van der Waals surface area contributed by atoms with Crippen LogP contribution < -0.4 is 4.74 Å². The maximum atomic E-state index is 13.5. The fourth-order valence-electron chi connectivity index (χ4n) is 1.75. The molecule has 0 saturated carbocycles. The van der Waals surface area contributed by atoms with Crippen LogP contribution >= 0.6 is 0 Å². The highest BCUT2D eigenvalue weighted by atomic mass is 19.2. The summed E-state index contributed by atoms with van der Waals surface area (Å²) in [7, 11) is 0. The Morgan fingerprint density at radius 2 is 1.74 bits per heavy atom. The van der Waals surface area contributed by atoms with E-state index in [0.29, 0.717) is 17.7 Å². The first-order valence-corrected chi connectivity index (χ1v) is 6.02. The van der Waals surface area contributed by atoms with Gasteiger partial charge in [-0.2, -0.15) is 4.39 Å². The van der Waals surface area contributed by atoms with Crippen LogP contribution in [0.2, 0.25) is 0 Å². The third-order valence-corrected chi connectivity index (χ3v) is 2.80. The maximum Gasteiger partial charge on any atom is 0.201 e. The molecule has 4 heteroatoms. The summed E-state index contributed by atoms with van der Waals surface area (Å²) >= 11 is 0. The predicted octanol–water partition coefficient (Wildman–Crippen LogP) is 4.20. The van der Waals surface area contributed by atoms with E-state index in [4.69, 9.17) is 4.74 Å². The Labute approximate surface area is 110 Å². The molecule has 0 fully saturated rings. The van der Waals surface area contributed by atoms with Gasteiger partial charge in [0.2, 0.25) is 5.82 Å². The average molecular weight is 264 g/mol. The van der Waals surface area contributed by atoms with Crippen molar-refractivity contribution in [1.29, 1.82) is 0 Å². The van der Waals surface area contributed by atoms with E-state index >= 15 is 0 Å². The number of aliphatic hydroxyl groups excluding tert-OH is 1. The molecule has 0 aliphatic heterocycles. The minimum Gasteiger partial charge on any atom is -0.454 e. The highest BCUT2D eigenvalue weighted by Crippen LogP contribution is 2.32. The Balaban J connectivity index is 2.36. The molecule has 0 heterocycles. The number of hydrogen-bond donors (Lipinski definition) is 1. The number of aliphatic hydroxyl groups is 1. The standard InChI is InChI=1S/C15H14F2O2/c1-2-12(18)10-6-3-4-8-13(10)19-14-9-5-7-11(16)15(14)17/h3-9,12,18H,2H2,1H3/t12-/m1/s1. The van der Waals surface area contributed by atoms with Gasteiger partial charge in [-0.3, -0.25) is 0 Å². The largest absolute Gasteiger partial charge is 0.454 e. The van der Waals surface area contributed by atoms with Crippen LogP contribution in [-0.4, -0.2) is 5.11 Å². The quantitative estimate of drug-likeness (QED) is 0.896. The van der Waals surface area contributed by atoms with E-state index in [1.54, 1.807) is 24.3 Å². The van der Waals surface area contributed by atoms with E-state index in [1.807, 2.05) is 6.92 Å². The Hall–Kier alpha value is -1.94. The van der Waals surface area contributed by atoms with Gasteiger partial charge in [0.05, 0.1) is 6.10 Å². The molecule has 1 N–H and O–H groups in total. The van der Waals surface area contributed by atoms with Crippen LogP contribution in [0.3, 0.4) is 0 Å². The van der Waals surface area contributed by atoms with Gasteiger partial charge < -0.3 is 9.84 Å². The van der Waals surface area contributed by atoms with Crippen molar-refractivity contribution < 1.29 is 18.6 Å². The number of ether oxygens (including phenoxy) is 1. The Kier molecular flexibility index (Phi) is 4.12. The topological polar surface area (TPSA) is 29.5 Å². The molecule has 0 spiro atoms. The first-order valence-electron chi connectivity index (χ1n) is 6.02. The fraction of sp³-hybridized carbons (Fsp3) is 0.200. The third-order valence-electron chi connectivity index (χ3n) is 2.80. The zero-order chi connectivity index (χ0) is 13.8. The third kappa shape index (κ3) is 2.90. The van der Waals surface area contributed by atoms with Crippen molar-refractivity contribution in [3.8, 4) is 11.5 Å². The highest BCUT2D eigenvalue weighted by molar-refractivity contribution is 5.39. The number of halogens is 2. The number of hydrogen-bond acceptors (Lipinski definition) is 2. The van der Waals surface area contributed by atoms with Gasteiger partial charge in [0.25, 0.3) is 0 Å². The number of para-hydroxylation sites is 1. The summed E-state index contributed by atoms with van der Waals surface area (Å²) < 4.78 is 32.0. The van der Waals surface area contributed by atoms with Gasteiger partial charge in [0.1, 0.15) is 5.75 Å². The van der Waals surface area contributed by atoms with Crippen LogP contribution in [0.15, 0.2) is 42.5 Å².